The van der Waals surface area contributed by atoms with E-state index in [-0.39, 0.29) is 5.92 Å². The van der Waals surface area contributed by atoms with E-state index in [9.17, 15) is 9.90 Å². The second-order valence-electron chi connectivity index (χ2n) is 13.5. The van der Waals surface area contributed by atoms with Gasteiger partial charge in [0.2, 0.25) is 0 Å². The summed E-state index contributed by atoms with van der Waals surface area (Å²) in [5.74, 6) is 8.86. The van der Waals surface area contributed by atoms with Gasteiger partial charge in [-0.05, 0) is 110 Å². The van der Waals surface area contributed by atoms with Gasteiger partial charge in [-0.2, -0.15) is 0 Å². The first kappa shape index (κ1) is 17.6. The molecule has 9 rings (SSSR count). The summed E-state index contributed by atoms with van der Waals surface area (Å²) in [5, 5.41) is 9.92. The maximum atomic E-state index is 12.0. The minimum absolute atomic E-state index is 0.0740. The Morgan fingerprint density at radius 3 is 2.48 bits per heavy atom. The smallest absolute Gasteiger partial charge is 0.306 e. The Bertz CT molecular complexity index is 889. The summed E-state index contributed by atoms with van der Waals surface area (Å²) in [5.41, 5.74) is 0.472. The Kier molecular flexibility index (Phi) is 3.10. The number of allylic oxidation sites excluding steroid dienone is 2. The number of rotatable bonds is 2. The molecule has 8 fully saturated rings. The predicted molar refractivity (Wildman–Crippen MR) is 115 cm³/mol. The second-order valence-corrected chi connectivity index (χ2v) is 13.5. The van der Waals surface area contributed by atoms with Crippen molar-refractivity contribution < 1.29 is 14.6 Å². The van der Waals surface area contributed by atoms with Crippen LogP contribution in [0.4, 0.5) is 0 Å². The molecule has 0 aromatic heterocycles. The van der Waals surface area contributed by atoms with Crippen LogP contribution in [0.1, 0.15) is 57.8 Å². The molecular weight excluding hydrogens is 384 g/mol. The molecule has 2 aliphatic heterocycles. The van der Waals surface area contributed by atoms with E-state index in [0.29, 0.717) is 41.3 Å². The Morgan fingerprint density at radius 2 is 1.68 bits per heavy atom. The molecule has 31 heavy (non-hydrogen) atoms. The van der Waals surface area contributed by atoms with Crippen molar-refractivity contribution in [2.45, 2.75) is 70.0 Å². The minimum Gasteiger partial charge on any atom is -0.481 e. The third-order valence-electron chi connectivity index (χ3n) is 13.4. The monoisotopic (exact) mass is 420 g/mol. The third-order valence-corrected chi connectivity index (χ3v) is 13.4. The summed E-state index contributed by atoms with van der Waals surface area (Å²) in [6.45, 7) is 0. The molecule has 15 unspecified atom stereocenters. The number of hydrogen-bond donors (Lipinski definition) is 1. The third kappa shape index (κ3) is 1.71. The number of ether oxygens (including phenoxy) is 1. The van der Waals surface area contributed by atoms with E-state index in [2.05, 4.69) is 12.2 Å². The van der Waals surface area contributed by atoms with Gasteiger partial charge in [-0.1, -0.05) is 31.4 Å². The summed E-state index contributed by atoms with van der Waals surface area (Å²) < 4.78 is 7.20. The molecule has 3 nitrogen and oxygen atoms in total. The highest BCUT2D eigenvalue weighted by molar-refractivity contribution is 5.71. The lowest BCUT2D eigenvalue weighted by atomic mass is 9.43. The lowest BCUT2D eigenvalue weighted by molar-refractivity contribution is -0.147. The van der Waals surface area contributed by atoms with Gasteiger partial charge in [-0.3, -0.25) is 4.79 Å². The Morgan fingerprint density at radius 1 is 0.871 bits per heavy atom. The molecule has 2 saturated heterocycles. The lowest BCUT2D eigenvalue weighted by Crippen LogP contribution is -2.60. The SMILES string of the molecule is O=C(O)C1CC2CC1C1C3OC(C21)C1(C2CCCCC2)C2CC(C4C5C=CC(C5)C42)C31. The van der Waals surface area contributed by atoms with Gasteiger partial charge < -0.3 is 9.84 Å². The quantitative estimate of drug-likeness (QED) is 0.504. The van der Waals surface area contributed by atoms with Crippen molar-refractivity contribution in [1.29, 1.82) is 0 Å². The van der Waals surface area contributed by atoms with Gasteiger partial charge in [0.15, 0.2) is 0 Å². The fraction of sp³-hybridized carbons (Fsp3) is 0.893. The first-order valence-corrected chi connectivity index (χ1v) is 13.8. The van der Waals surface area contributed by atoms with E-state index in [1.54, 1.807) is 0 Å². The minimum atomic E-state index is -0.515. The molecule has 0 spiro atoms. The van der Waals surface area contributed by atoms with Crippen LogP contribution in [0.3, 0.4) is 0 Å². The van der Waals surface area contributed by atoms with Crippen LogP contribution in [0.15, 0.2) is 12.2 Å². The van der Waals surface area contributed by atoms with Crippen LogP contribution in [0.25, 0.3) is 0 Å². The second kappa shape index (κ2) is 5.45. The topological polar surface area (TPSA) is 46.5 Å². The molecule has 15 atom stereocenters. The van der Waals surface area contributed by atoms with Crippen molar-refractivity contribution in [3.63, 3.8) is 0 Å². The first-order chi connectivity index (χ1) is 15.2. The average molecular weight is 421 g/mol. The van der Waals surface area contributed by atoms with Crippen LogP contribution < -0.4 is 0 Å². The van der Waals surface area contributed by atoms with E-state index in [1.165, 1.54) is 51.4 Å². The first-order valence-electron chi connectivity index (χ1n) is 13.8. The van der Waals surface area contributed by atoms with E-state index < -0.39 is 5.97 Å². The molecule has 1 N–H and O–H groups in total. The van der Waals surface area contributed by atoms with Crippen molar-refractivity contribution >= 4 is 5.97 Å². The van der Waals surface area contributed by atoms with Crippen molar-refractivity contribution in [1.82, 2.24) is 0 Å². The van der Waals surface area contributed by atoms with Crippen LogP contribution in [0, 0.1) is 82.3 Å². The zero-order valence-corrected chi connectivity index (χ0v) is 18.4. The molecule has 9 aliphatic rings. The number of carbonyl (C=O) groups is 1. The molecule has 3 heteroatoms. The molecule has 7 aliphatic carbocycles. The standard InChI is InChI=1S/C28H36O3/c29-27(30)17-10-14-9-16(17)23-22(14)26-28(15-4-2-1-3-5-15)19-11-18(24(28)25(23)31-26)20-12-6-7-13(8-12)21(19)20/h6-7,12-26H,1-5,8-11H2,(H,29,30). The molecular formula is C28H36O3. The van der Waals surface area contributed by atoms with Crippen LogP contribution in [0.5, 0.6) is 0 Å². The van der Waals surface area contributed by atoms with Gasteiger partial charge >= 0.3 is 5.97 Å². The largest absolute Gasteiger partial charge is 0.481 e. The van der Waals surface area contributed by atoms with Crippen molar-refractivity contribution in [3.05, 3.63) is 12.2 Å². The lowest BCUT2D eigenvalue weighted by Gasteiger charge is -2.59. The molecule has 166 valence electrons. The Hall–Kier alpha value is -0.830. The molecule has 0 amide bonds. The van der Waals surface area contributed by atoms with Crippen molar-refractivity contribution in [2.75, 3.05) is 0 Å². The normalized spacial score (nSPS) is 66.2. The van der Waals surface area contributed by atoms with E-state index in [1.807, 2.05) is 0 Å². The van der Waals surface area contributed by atoms with Gasteiger partial charge in [0, 0.05) is 5.41 Å². The highest BCUT2D eigenvalue weighted by atomic mass is 16.5. The summed E-state index contributed by atoms with van der Waals surface area (Å²) >= 11 is 0. The summed E-state index contributed by atoms with van der Waals surface area (Å²) in [6, 6.07) is 0. The molecule has 8 bridgehead atoms. The van der Waals surface area contributed by atoms with Crippen LogP contribution in [0.2, 0.25) is 0 Å². The predicted octanol–water partition coefficient (Wildman–Crippen LogP) is 5.01. The molecule has 0 aromatic carbocycles. The molecule has 6 saturated carbocycles. The molecule has 0 radical (unpaired) electrons. The Balaban J connectivity index is 1.19. The summed E-state index contributed by atoms with van der Waals surface area (Å²) in [6.07, 6.45) is 18.4. The van der Waals surface area contributed by atoms with Gasteiger partial charge in [0.05, 0.1) is 18.1 Å². The van der Waals surface area contributed by atoms with Crippen LogP contribution in [-0.4, -0.2) is 23.3 Å². The van der Waals surface area contributed by atoms with E-state index in [0.717, 1.165) is 53.8 Å². The fourth-order valence-corrected chi connectivity index (χ4v) is 13.3. The van der Waals surface area contributed by atoms with Gasteiger partial charge in [0.1, 0.15) is 0 Å². The maximum Gasteiger partial charge on any atom is 0.306 e. The van der Waals surface area contributed by atoms with E-state index >= 15 is 0 Å². The zero-order valence-electron chi connectivity index (χ0n) is 18.4. The van der Waals surface area contributed by atoms with Crippen LogP contribution >= 0.6 is 0 Å². The van der Waals surface area contributed by atoms with E-state index in [4.69, 9.17) is 4.74 Å². The van der Waals surface area contributed by atoms with Gasteiger partial charge in [0.25, 0.3) is 0 Å². The Labute approximate surface area is 185 Å². The maximum absolute atomic E-state index is 12.0. The fourth-order valence-electron chi connectivity index (χ4n) is 13.3. The molecule has 2 heterocycles. The number of aliphatic carboxylic acids is 1. The van der Waals surface area contributed by atoms with Crippen molar-refractivity contribution in [3.8, 4) is 0 Å². The van der Waals surface area contributed by atoms with Crippen LogP contribution in [-0.2, 0) is 9.53 Å². The highest BCUT2D eigenvalue weighted by Crippen LogP contribution is 2.83. The number of hydrogen-bond acceptors (Lipinski definition) is 2. The summed E-state index contributed by atoms with van der Waals surface area (Å²) in [7, 11) is 0. The van der Waals surface area contributed by atoms with Crippen molar-refractivity contribution in [2.24, 2.45) is 82.3 Å². The number of carboxylic acids is 1. The molecule has 0 aromatic rings. The summed E-state index contributed by atoms with van der Waals surface area (Å²) in [4.78, 5) is 12.0. The highest BCUT2D eigenvalue weighted by Gasteiger charge is 2.83. The van der Waals surface area contributed by atoms with Gasteiger partial charge in [-0.15, -0.1) is 0 Å². The average Bonchev–Trinajstić information content (AvgIpc) is 3.62. The van der Waals surface area contributed by atoms with Gasteiger partial charge in [-0.25, -0.2) is 0 Å². The zero-order chi connectivity index (χ0) is 20.2. The number of fused-ring (bicyclic) bond motifs is 23. The number of carboxylic acid groups (broad SMARTS) is 1.